The van der Waals surface area contributed by atoms with E-state index in [-0.39, 0.29) is 29.7 Å². The topological polar surface area (TPSA) is 55.2 Å². The van der Waals surface area contributed by atoms with Crippen molar-refractivity contribution in [2.24, 2.45) is 0 Å². The normalized spacial score (nSPS) is 12.0. The molecule has 0 heterocycles. The lowest BCUT2D eigenvalue weighted by Gasteiger charge is -2.16. The standard InChI is InChI=1S/C15H14F2N2O2/c1-10(9-11-5-2-3-6-12(11)16)18-15-13(17)7-4-8-14(15)19(20)21/h2-8,10,18H,9H2,1H3. The van der Waals surface area contributed by atoms with Gasteiger partial charge in [0.1, 0.15) is 11.5 Å². The molecular formula is C15H14F2N2O2. The molecule has 1 N–H and O–H groups in total. The Kier molecular flexibility index (Phi) is 4.47. The Bertz CT molecular complexity index is 662. The molecule has 4 nitrogen and oxygen atoms in total. The number of halogens is 2. The Morgan fingerprint density at radius 3 is 2.48 bits per heavy atom. The molecule has 0 saturated carbocycles. The molecule has 0 aromatic heterocycles. The molecule has 0 radical (unpaired) electrons. The Balaban J connectivity index is 2.19. The summed E-state index contributed by atoms with van der Waals surface area (Å²) >= 11 is 0. The van der Waals surface area contributed by atoms with E-state index in [0.29, 0.717) is 5.56 Å². The first-order valence-electron chi connectivity index (χ1n) is 6.42. The molecule has 0 aliphatic carbocycles. The summed E-state index contributed by atoms with van der Waals surface area (Å²) in [6.45, 7) is 1.71. The Morgan fingerprint density at radius 2 is 1.81 bits per heavy atom. The van der Waals surface area contributed by atoms with Crippen LogP contribution in [-0.2, 0) is 6.42 Å². The third kappa shape index (κ3) is 3.53. The van der Waals surface area contributed by atoms with Crippen molar-refractivity contribution in [1.82, 2.24) is 0 Å². The highest BCUT2D eigenvalue weighted by atomic mass is 19.1. The van der Waals surface area contributed by atoms with Gasteiger partial charge in [-0.3, -0.25) is 10.1 Å². The molecule has 0 saturated heterocycles. The van der Waals surface area contributed by atoms with Crippen molar-refractivity contribution in [2.75, 3.05) is 5.32 Å². The summed E-state index contributed by atoms with van der Waals surface area (Å²) in [5.41, 5.74) is -0.0433. The van der Waals surface area contributed by atoms with E-state index >= 15 is 0 Å². The largest absolute Gasteiger partial charge is 0.374 e. The number of hydrogen-bond acceptors (Lipinski definition) is 3. The average molecular weight is 292 g/mol. The van der Waals surface area contributed by atoms with E-state index in [1.807, 2.05) is 0 Å². The monoisotopic (exact) mass is 292 g/mol. The summed E-state index contributed by atoms with van der Waals surface area (Å²) in [4.78, 5) is 10.3. The van der Waals surface area contributed by atoms with E-state index in [2.05, 4.69) is 5.32 Å². The van der Waals surface area contributed by atoms with Crippen LogP contribution in [0.2, 0.25) is 0 Å². The molecule has 2 aromatic rings. The van der Waals surface area contributed by atoms with Crippen LogP contribution >= 0.6 is 0 Å². The minimum atomic E-state index is -0.704. The van der Waals surface area contributed by atoms with Crippen LogP contribution in [0.4, 0.5) is 20.2 Å². The molecule has 1 atom stereocenters. The van der Waals surface area contributed by atoms with Crippen LogP contribution in [0.25, 0.3) is 0 Å². The smallest absolute Gasteiger partial charge is 0.295 e. The predicted molar refractivity (Wildman–Crippen MR) is 76.2 cm³/mol. The van der Waals surface area contributed by atoms with Gasteiger partial charge in [-0.1, -0.05) is 24.3 Å². The maximum atomic E-state index is 13.7. The van der Waals surface area contributed by atoms with Crippen molar-refractivity contribution in [3.63, 3.8) is 0 Å². The second-order valence-electron chi connectivity index (χ2n) is 4.73. The maximum absolute atomic E-state index is 13.7. The van der Waals surface area contributed by atoms with E-state index in [9.17, 15) is 18.9 Å². The van der Waals surface area contributed by atoms with Crippen molar-refractivity contribution >= 4 is 11.4 Å². The van der Waals surface area contributed by atoms with E-state index < -0.39 is 10.7 Å². The van der Waals surface area contributed by atoms with Crippen molar-refractivity contribution < 1.29 is 13.7 Å². The summed E-state index contributed by atoms with van der Waals surface area (Å²) < 4.78 is 27.3. The molecule has 110 valence electrons. The zero-order valence-corrected chi connectivity index (χ0v) is 11.3. The Labute approximate surface area is 120 Å². The van der Waals surface area contributed by atoms with Gasteiger partial charge in [-0.2, -0.15) is 0 Å². The average Bonchev–Trinajstić information content (AvgIpc) is 2.43. The van der Waals surface area contributed by atoms with Crippen LogP contribution in [0.15, 0.2) is 42.5 Å². The number of anilines is 1. The minimum absolute atomic E-state index is 0.175. The summed E-state index contributed by atoms with van der Waals surface area (Å²) in [5.74, 6) is -1.06. The number of rotatable bonds is 5. The number of nitro groups is 1. The van der Waals surface area contributed by atoms with E-state index in [0.717, 1.165) is 6.07 Å². The molecule has 6 heteroatoms. The molecule has 0 bridgehead atoms. The second-order valence-corrected chi connectivity index (χ2v) is 4.73. The van der Waals surface area contributed by atoms with Crippen LogP contribution in [-0.4, -0.2) is 11.0 Å². The van der Waals surface area contributed by atoms with Gasteiger partial charge in [0.15, 0.2) is 5.82 Å². The summed E-state index contributed by atoms with van der Waals surface area (Å²) in [6.07, 6.45) is 0.290. The van der Waals surface area contributed by atoms with Gasteiger partial charge in [-0.05, 0) is 31.0 Å². The van der Waals surface area contributed by atoms with Gasteiger partial charge in [-0.25, -0.2) is 8.78 Å². The molecule has 0 aliphatic rings. The van der Waals surface area contributed by atoms with Gasteiger partial charge in [0, 0.05) is 12.1 Å². The van der Waals surface area contributed by atoms with Gasteiger partial charge in [0.2, 0.25) is 0 Å². The third-order valence-electron chi connectivity index (χ3n) is 3.06. The van der Waals surface area contributed by atoms with E-state index in [1.165, 1.54) is 18.2 Å². The fraction of sp³-hybridized carbons (Fsp3) is 0.200. The van der Waals surface area contributed by atoms with Crippen LogP contribution in [0, 0.1) is 21.7 Å². The molecule has 0 amide bonds. The zero-order valence-electron chi connectivity index (χ0n) is 11.3. The quantitative estimate of drug-likeness (QED) is 0.671. The number of benzene rings is 2. The first-order valence-corrected chi connectivity index (χ1v) is 6.42. The van der Waals surface area contributed by atoms with Crippen LogP contribution < -0.4 is 5.32 Å². The molecule has 21 heavy (non-hydrogen) atoms. The highest BCUT2D eigenvalue weighted by molar-refractivity contribution is 5.62. The summed E-state index contributed by atoms with van der Waals surface area (Å²) in [6, 6.07) is 9.54. The first-order chi connectivity index (χ1) is 9.99. The van der Waals surface area contributed by atoms with Crippen molar-refractivity contribution in [3.8, 4) is 0 Å². The number of nitrogens with zero attached hydrogens (tertiary/aromatic N) is 1. The highest BCUT2D eigenvalue weighted by Crippen LogP contribution is 2.28. The molecule has 0 fully saturated rings. The van der Waals surface area contributed by atoms with Gasteiger partial charge < -0.3 is 5.32 Å². The van der Waals surface area contributed by atoms with Gasteiger partial charge in [-0.15, -0.1) is 0 Å². The van der Waals surface area contributed by atoms with Crippen molar-refractivity contribution in [1.29, 1.82) is 0 Å². The SMILES string of the molecule is CC(Cc1ccccc1F)Nc1c(F)cccc1[N+](=O)[O-]. The first kappa shape index (κ1) is 14.9. The summed E-state index contributed by atoms with van der Waals surface area (Å²) in [5, 5.41) is 13.7. The number of hydrogen-bond donors (Lipinski definition) is 1. The Morgan fingerprint density at radius 1 is 1.14 bits per heavy atom. The number of para-hydroxylation sites is 1. The van der Waals surface area contributed by atoms with Gasteiger partial charge >= 0.3 is 0 Å². The molecular weight excluding hydrogens is 278 g/mol. The fourth-order valence-electron chi connectivity index (χ4n) is 2.10. The molecule has 2 rings (SSSR count). The van der Waals surface area contributed by atoms with Crippen LogP contribution in [0.5, 0.6) is 0 Å². The summed E-state index contributed by atoms with van der Waals surface area (Å²) in [7, 11) is 0. The highest BCUT2D eigenvalue weighted by Gasteiger charge is 2.19. The minimum Gasteiger partial charge on any atom is -0.374 e. The van der Waals surface area contributed by atoms with Crippen molar-refractivity contribution in [2.45, 2.75) is 19.4 Å². The molecule has 0 spiro atoms. The lowest BCUT2D eigenvalue weighted by Crippen LogP contribution is -2.20. The third-order valence-corrected chi connectivity index (χ3v) is 3.06. The van der Waals surface area contributed by atoms with Crippen LogP contribution in [0.1, 0.15) is 12.5 Å². The van der Waals surface area contributed by atoms with E-state index in [4.69, 9.17) is 0 Å². The number of nitro benzene ring substituents is 1. The second kappa shape index (κ2) is 6.30. The molecule has 2 aromatic carbocycles. The molecule has 1 unspecified atom stereocenters. The fourth-order valence-corrected chi connectivity index (χ4v) is 2.10. The number of nitrogens with one attached hydrogen (secondary N) is 1. The lowest BCUT2D eigenvalue weighted by molar-refractivity contribution is -0.384. The van der Waals surface area contributed by atoms with Gasteiger partial charge in [0.05, 0.1) is 4.92 Å². The predicted octanol–water partition coefficient (Wildman–Crippen LogP) is 3.92. The lowest BCUT2D eigenvalue weighted by atomic mass is 10.1. The van der Waals surface area contributed by atoms with Gasteiger partial charge in [0.25, 0.3) is 5.69 Å². The zero-order chi connectivity index (χ0) is 15.4. The van der Waals surface area contributed by atoms with E-state index in [1.54, 1.807) is 25.1 Å². The van der Waals surface area contributed by atoms with Crippen molar-refractivity contribution in [3.05, 3.63) is 69.8 Å². The Hall–Kier alpha value is -2.50. The molecule has 0 aliphatic heterocycles. The van der Waals surface area contributed by atoms with Crippen LogP contribution in [0.3, 0.4) is 0 Å². The maximum Gasteiger partial charge on any atom is 0.295 e.